The Kier molecular flexibility index (Phi) is 8.50. The molecule has 154 valence electrons. The Labute approximate surface area is 167 Å². The average molecular weight is 389 g/mol. The van der Waals surface area contributed by atoms with Crippen molar-refractivity contribution in [3.05, 3.63) is 47.4 Å². The molecular weight excluding hydrogens is 356 g/mol. The predicted molar refractivity (Wildman–Crippen MR) is 114 cm³/mol. The van der Waals surface area contributed by atoms with Crippen molar-refractivity contribution in [2.24, 2.45) is 16.5 Å². The first-order chi connectivity index (χ1) is 13.5. The first-order valence-corrected chi connectivity index (χ1v) is 9.73. The minimum atomic E-state index is -0.357. The number of aliphatic hydroxyl groups excluding tert-OH is 2. The van der Waals surface area contributed by atoms with Crippen LogP contribution in [0.1, 0.15) is 25.3 Å². The van der Waals surface area contributed by atoms with E-state index in [2.05, 4.69) is 6.92 Å². The zero-order valence-corrected chi connectivity index (χ0v) is 16.8. The van der Waals surface area contributed by atoms with Crippen LogP contribution in [0.3, 0.4) is 0 Å². The SMILES string of the molecule is CCCCOC1=C/C(=N/c2ccc(N(CCO)CCO)cc2C)C(N)=CC1N. The molecule has 0 aliphatic heterocycles. The number of hydrogen-bond donors (Lipinski definition) is 4. The topological polar surface area (TPSA) is 117 Å². The lowest BCUT2D eigenvalue weighted by Crippen LogP contribution is -2.30. The van der Waals surface area contributed by atoms with Crippen LogP contribution >= 0.6 is 0 Å². The van der Waals surface area contributed by atoms with Crippen molar-refractivity contribution in [2.45, 2.75) is 32.7 Å². The van der Waals surface area contributed by atoms with E-state index in [-0.39, 0.29) is 19.3 Å². The fourth-order valence-electron chi connectivity index (χ4n) is 2.95. The molecule has 1 aliphatic carbocycles. The van der Waals surface area contributed by atoms with Crippen molar-refractivity contribution in [1.82, 2.24) is 0 Å². The number of nitrogens with zero attached hydrogens (tertiary/aromatic N) is 2. The summed E-state index contributed by atoms with van der Waals surface area (Å²) >= 11 is 0. The summed E-state index contributed by atoms with van der Waals surface area (Å²) in [5.74, 6) is 0.674. The Hall–Kier alpha value is -2.35. The van der Waals surface area contributed by atoms with Crippen LogP contribution in [-0.2, 0) is 4.74 Å². The number of anilines is 1. The summed E-state index contributed by atoms with van der Waals surface area (Å²) in [5.41, 5.74) is 16.1. The molecule has 1 aromatic carbocycles. The van der Waals surface area contributed by atoms with Gasteiger partial charge in [-0.25, -0.2) is 4.99 Å². The normalized spacial score (nSPS) is 18.0. The second kappa shape index (κ2) is 10.8. The number of hydrogen-bond acceptors (Lipinski definition) is 7. The number of aliphatic imine (C=N–C) groups is 1. The van der Waals surface area contributed by atoms with Gasteiger partial charge in [0, 0.05) is 24.9 Å². The lowest BCUT2D eigenvalue weighted by Gasteiger charge is -2.24. The highest BCUT2D eigenvalue weighted by Gasteiger charge is 2.18. The van der Waals surface area contributed by atoms with Gasteiger partial charge < -0.3 is 31.3 Å². The second-order valence-electron chi connectivity index (χ2n) is 6.80. The van der Waals surface area contributed by atoms with Gasteiger partial charge in [-0.1, -0.05) is 13.3 Å². The van der Waals surface area contributed by atoms with Gasteiger partial charge >= 0.3 is 0 Å². The van der Waals surface area contributed by atoms with Crippen molar-refractivity contribution in [3.63, 3.8) is 0 Å². The summed E-state index contributed by atoms with van der Waals surface area (Å²) < 4.78 is 5.79. The molecule has 1 aliphatic rings. The molecule has 7 nitrogen and oxygen atoms in total. The molecular formula is C21H32N4O3. The van der Waals surface area contributed by atoms with E-state index in [1.54, 1.807) is 6.08 Å². The summed E-state index contributed by atoms with van der Waals surface area (Å²) in [7, 11) is 0. The molecule has 0 spiro atoms. The summed E-state index contributed by atoms with van der Waals surface area (Å²) in [5, 5.41) is 18.4. The molecule has 1 aromatic rings. The predicted octanol–water partition coefficient (Wildman–Crippen LogP) is 1.74. The first kappa shape index (κ1) is 21.9. The quantitative estimate of drug-likeness (QED) is 0.454. The van der Waals surface area contributed by atoms with Gasteiger partial charge in [0.25, 0.3) is 0 Å². The minimum Gasteiger partial charge on any atom is -0.496 e. The van der Waals surface area contributed by atoms with Crippen LogP contribution < -0.4 is 16.4 Å². The lowest BCUT2D eigenvalue weighted by molar-refractivity contribution is 0.196. The van der Waals surface area contributed by atoms with Gasteiger partial charge in [0.15, 0.2) is 0 Å². The van der Waals surface area contributed by atoms with E-state index in [1.807, 2.05) is 36.1 Å². The van der Waals surface area contributed by atoms with Crippen molar-refractivity contribution >= 4 is 17.1 Å². The molecule has 0 saturated carbocycles. The Morgan fingerprint density at radius 2 is 1.93 bits per heavy atom. The Morgan fingerprint density at radius 1 is 1.21 bits per heavy atom. The standard InChI is InChI=1S/C21H32N4O3/c1-3-4-11-28-21-14-20(17(22)13-18(21)23)24-19-6-5-16(12-15(19)2)25(7-9-26)8-10-27/h5-6,12-14,18,26-27H,3-4,7-11,22-23H2,1-2H3/b24-20-. The van der Waals surface area contributed by atoms with E-state index >= 15 is 0 Å². The molecule has 0 heterocycles. The molecule has 1 unspecified atom stereocenters. The molecule has 0 radical (unpaired) electrons. The van der Waals surface area contributed by atoms with E-state index in [9.17, 15) is 10.2 Å². The molecule has 2 rings (SSSR count). The van der Waals surface area contributed by atoms with Crippen LogP contribution in [0.2, 0.25) is 0 Å². The van der Waals surface area contributed by atoms with Gasteiger partial charge in [-0.15, -0.1) is 0 Å². The third kappa shape index (κ3) is 5.82. The molecule has 6 N–H and O–H groups in total. The minimum absolute atomic E-state index is 0.0241. The third-order valence-electron chi connectivity index (χ3n) is 4.56. The monoisotopic (exact) mass is 388 g/mol. The number of ether oxygens (including phenoxy) is 1. The second-order valence-corrected chi connectivity index (χ2v) is 6.80. The van der Waals surface area contributed by atoms with E-state index in [4.69, 9.17) is 21.2 Å². The summed E-state index contributed by atoms with van der Waals surface area (Å²) in [4.78, 5) is 6.63. The average Bonchev–Trinajstić information content (AvgIpc) is 2.66. The summed E-state index contributed by atoms with van der Waals surface area (Å²) in [6.45, 7) is 5.67. The fraction of sp³-hybridized carbons (Fsp3) is 0.476. The van der Waals surface area contributed by atoms with Gasteiger partial charge in [0.05, 0.1) is 43.0 Å². The maximum Gasteiger partial charge on any atom is 0.119 e. The molecule has 0 amide bonds. The molecule has 0 saturated heterocycles. The van der Waals surface area contributed by atoms with Crippen LogP contribution in [0.5, 0.6) is 0 Å². The zero-order valence-electron chi connectivity index (χ0n) is 16.8. The Morgan fingerprint density at radius 3 is 2.54 bits per heavy atom. The summed E-state index contributed by atoms with van der Waals surface area (Å²) in [6, 6.07) is 5.47. The van der Waals surface area contributed by atoms with Gasteiger partial charge in [0.2, 0.25) is 0 Å². The van der Waals surface area contributed by atoms with Gasteiger partial charge in [0.1, 0.15) is 5.76 Å². The van der Waals surface area contributed by atoms with Crippen molar-refractivity contribution in [3.8, 4) is 0 Å². The van der Waals surface area contributed by atoms with Crippen molar-refractivity contribution in [2.75, 3.05) is 37.8 Å². The highest BCUT2D eigenvalue weighted by Crippen LogP contribution is 2.26. The van der Waals surface area contributed by atoms with Gasteiger partial charge in [-0.05, 0) is 43.2 Å². The zero-order chi connectivity index (χ0) is 20.5. The van der Waals surface area contributed by atoms with E-state index in [0.29, 0.717) is 36.9 Å². The van der Waals surface area contributed by atoms with Crippen molar-refractivity contribution in [1.29, 1.82) is 0 Å². The smallest absolute Gasteiger partial charge is 0.119 e. The number of benzene rings is 1. The fourth-order valence-corrected chi connectivity index (χ4v) is 2.95. The van der Waals surface area contributed by atoms with Crippen LogP contribution in [0.25, 0.3) is 0 Å². The Bertz CT molecular complexity index is 737. The van der Waals surface area contributed by atoms with Crippen molar-refractivity contribution < 1.29 is 14.9 Å². The molecule has 0 bridgehead atoms. The van der Waals surface area contributed by atoms with E-state index < -0.39 is 0 Å². The highest BCUT2D eigenvalue weighted by molar-refractivity contribution is 6.10. The number of aryl methyl sites for hydroxylation is 1. The van der Waals surface area contributed by atoms with Crippen LogP contribution in [0, 0.1) is 6.92 Å². The maximum absolute atomic E-state index is 9.22. The van der Waals surface area contributed by atoms with Gasteiger partial charge in [-0.2, -0.15) is 0 Å². The number of nitrogens with two attached hydrogens (primary N) is 2. The van der Waals surface area contributed by atoms with Crippen LogP contribution in [0.15, 0.2) is 46.8 Å². The third-order valence-corrected chi connectivity index (χ3v) is 4.56. The molecule has 0 fully saturated rings. The number of unbranched alkanes of at least 4 members (excludes halogenated alkanes) is 1. The molecule has 1 atom stereocenters. The first-order valence-electron chi connectivity index (χ1n) is 9.73. The number of rotatable bonds is 10. The molecule has 7 heteroatoms. The van der Waals surface area contributed by atoms with E-state index in [0.717, 1.165) is 29.8 Å². The molecule has 0 aromatic heterocycles. The van der Waals surface area contributed by atoms with Crippen LogP contribution in [-0.4, -0.2) is 54.9 Å². The highest BCUT2D eigenvalue weighted by atomic mass is 16.5. The molecule has 28 heavy (non-hydrogen) atoms. The van der Waals surface area contributed by atoms with E-state index in [1.165, 1.54) is 0 Å². The van der Waals surface area contributed by atoms with Crippen LogP contribution in [0.4, 0.5) is 11.4 Å². The maximum atomic E-state index is 9.22. The summed E-state index contributed by atoms with van der Waals surface area (Å²) in [6.07, 6.45) is 5.59. The Balaban J connectivity index is 2.26. The number of allylic oxidation sites excluding steroid dienone is 1. The van der Waals surface area contributed by atoms with Gasteiger partial charge in [-0.3, -0.25) is 0 Å². The lowest BCUT2D eigenvalue weighted by atomic mass is 10.0. The number of aliphatic hydroxyl groups is 2. The largest absolute Gasteiger partial charge is 0.496 e.